The number of aromatic amines is 1. The number of carbonyl (C=O) groups excluding carboxylic acids is 5. The van der Waals surface area contributed by atoms with Crippen LogP contribution in [0, 0.1) is 5.92 Å². The van der Waals surface area contributed by atoms with Gasteiger partial charge in [0, 0.05) is 31.4 Å². The van der Waals surface area contributed by atoms with Crippen LogP contribution in [-0.2, 0) is 19.1 Å². The van der Waals surface area contributed by atoms with Gasteiger partial charge in [-0.3, -0.25) is 19.2 Å². The number of H-pyrrole nitrogens is 1. The molecule has 0 aliphatic carbocycles. The van der Waals surface area contributed by atoms with Gasteiger partial charge in [0.15, 0.2) is 12.4 Å². The number of nitrogens with zero attached hydrogens (tertiary/aromatic N) is 1. The average molecular weight is 648 g/mol. The van der Waals surface area contributed by atoms with Crippen molar-refractivity contribution in [1.29, 1.82) is 0 Å². The number of carbonyl (C=O) groups is 5. The topological polar surface area (TPSA) is 147 Å². The monoisotopic (exact) mass is 646 g/mol. The highest BCUT2D eigenvalue weighted by atomic mass is 35.5. The molecule has 11 nitrogen and oxygen atoms in total. The molecule has 0 aliphatic heterocycles. The van der Waals surface area contributed by atoms with Crippen LogP contribution in [0.15, 0.2) is 42.5 Å². The number of rotatable bonds is 14. The lowest BCUT2D eigenvalue weighted by Gasteiger charge is -2.24. The summed E-state index contributed by atoms with van der Waals surface area (Å²) in [5, 5.41) is 6.22. The van der Waals surface area contributed by atoms with E-state index in [1.807, 2.05) is 13.8 Å². The van der Waals surface area contributed by atoms with Crippen LogP contribution < -0.4 is 15.4 Å². The molecule has 2 atom stereocenters. The number of benzene rings is 2. The number of hydrogen-bond acceptors (Lipinski definition) is 7. The molecule has 0 unspecified atom stereocenters. The van der Waals surface area contributed by atoms with Gasteiger partial charge in [-0.15, -0.1) is 0 Å². The minimum atomic E-state index is -1.19. The Hall–Kier alpha value is -4.09. The summed E-state index contributed by atoms with van der Waals surface area (Å²) >= 11 is 12.1. The number of halogens is 2. The Morgan fingerprint density at radius 2 is 1.61 bits per heavy atom. The van der Waals surface area contributed by atoms with Gasteiger partial charge in [-0.25, -0.2) is 4.79 Å². The maximum Gasteiger partial charge on any atom is 0.341 e. The third-order valence-electron chi connectivity index (χ3n) is 6.78. The molecule has 3 aromatic rings. The number of nitrogens with one attached hydrogen (secondary N) is 3. The van der Waals surface area contributed by atoms with Gasteiger partial charge in [0.2, 0.25) is 11.8 Å². The Bertz CT molecular complexity index is 1520. The molecule has 0 bridgehead atoms. The number of fused-ring (bicyclic) bond motifs is 1. The summed E-state index contributed by atoms with van der Waals surface area (Å²) in [7, 11) is 4.67. The smallest absolute Gasteiger partial charge is 0.341 e. The molecule has 3 amide bonds. The van der Waals surface area contributed by atoms with Crippen LogP contribution in [0.25, 0.3) is 10.9 Å². The summed E-state index contributed by atoms with van der Waals surface area (Å²) in [6.07, 6.45) is 0.140. The first kappa shape index (κ1) is 34.4. The van der Waals surface area contributed by atoms with Crippen molar-refractivity contribution < 1.29 is 33.4 Å². The number of esters is 1. The minimum absolute atomic E-state index is 0.000322. The molecule has 13 heteroatoms. The molecule has 0 aliphatic rings. The third-order valence-corrected chi connectivity index (χ3v) is 7.41. The zero-order valence-corrected chi connectivity index (χ0v) is 26.7. The second kappa shape index (κ2) is 15.6. The van der Waals surface area contributed by atoms with Gasteiger partial charge in [0.05, 0.1) is 28.8 Å². The van der Waals surface area contributed by atoms with Crippen LogP contribution in [0.3, 0.4) is 0 Å². The molecule has 44 heavy (non-hydrogen) atoms. The average Bonchev–Trinajstić information content (AvgIpc) is 3.42. The van der Waals surface area contributed by atoms with E-state index in [9.17, 15) is 24.0 Å². The van der Waals surface area contributed by atoms with Crippen LogP contribution >= 0.6 is 23.2 Å². The van der Waals surface area contributed by atoms with Crippen LogP contribution in [-0.4, -0.2) is 79.3 Å². The lowest BCUT2D eigenvalue weighted by atomic mass is 10.0. The number of ketones is 1. The number of methoxy groups -OCH3 is 1. The van der Waals surface area contributed by atoms with E-state index in [0.717, 1.165) is 0 Å². The molecule has 3 N–H and O–H groups in total. The number of hydrogen-bond donors (Lipinski definition) is 3. The Labute approximate surface area is 265 Å². The van der Waals surface area contributed by atoms with Gasteiger partial charge in [0.1, 0.15) is 17.5 Å². The van der Waals surface area contributed by atoms with Gasteiger partial charge < -0.3 is 30.0 Å². The van der Waals surface area contributed by atoms with Crippen molar-refractivity contribution in [2.45, 2.75) is 45.2 Å². The maximum absolute atomic E-state index is 13.5. The normalized spacial score (nSPS) is 12.4. The number of Topliss-reactive ketones (excluding diaryl/α,β-unsaturated/α-hetero) is 1. The predicted molar refractivity (Wildman–Crippen MR) is 167 cm³/mol. The fourth-order valence-electron chi connectivity index (χ4n) is 4.45. The number of aromatic nitrogens is 1. The van der Waals surface area contributed by atoms with E-state index in [2.05, 4.69) is 15.6 Å². The Kier molecular flexibility index (Phi) is 12.2. The third kappa shape index (κ3) is 8.96. The molecular weight excluding hydrogens is 611 g/mol. The van der Waals surface area contributed by atoms with E-state index in [-0.39, 0.29) is 52.4 Å². The highest BCUT2D eigenvalue weighted by Gasteiger charge is 2.29. The largest absolute Gasteiger partial charge is 0.496 e. The lowest BCUT2D eigenvalue weighted by Crippen LogP contribution is -2.52. The van der Waals surface area contributed by atoms with E-state index in [1.54, 1.807) is 44.4 Å². The lowest BCUT2D eigenvalue weighted by molar-refractivity contribution is -0.132. The van der Waals surface area contributed by atoms with Gasteiger partial charge >= 0.3 is 5.97 Å². The first-order valence-electron chi connectivity index (χ1n) is 13.9. The molecule has 1 aromatic heterocycles. The number of ether oxygens (including phenoxy) is 2. The van der Waals surface area contributed by atoms with Gasteiger partial charge in [-0.1, -0.05) is 49.2 Å². The van der Waals surface area contributed by atoms with E-state index >= 15 is 0 Å². The Morgan fingerprint density at radius 3 is 2.23 bits per heavy atom. The SMILES string of the molecule is COc1cccc2[nH]c(C(=O)N[C@H](CC(C)C)C(=O)N[C@H](CCC(=O)N(C)C)C(=O)COC(=O)c3c(Cl)cccc3Cl)cc12. The van der Waals surface area contributed by atoms with Crippen LogP contribution in [0.4, 0.5) is 0 Å². The number of amides is 3. The maximum atomic E-state index is 13.5. The first-order chi connectivity index (χ1) is 20.8. The van der Waals surface area contributed by atoms with Crippen molar-refractivity contribution in [3.8, 4) is 5.75 Å². The Balaban J connectivity index is 1.77. The van der Waals surface area contributed by atoms with E-state index in [1.165, 1.54) is 24.1 Å². The molecule has 3 rings (SSSR count). The standard InChI is InChI=1S/C31H36Cl2N4O7/c1-17(2)14-23(36-30(41)24-15-18-21(34-24)10-7-11-26(18)43-5)29(40)35-22(12-13-27(39)37(3)4)25(38)16-44-31(42)28-19(32)8-6-9-20(28)33/h6-11,15,17,22-23,34H,12-14,16H2,1-5H3,(H,35,40)(H,36,41)/t22-,23-/m1/s1. The molecule has 0 radical (unpaired) electrons. The van der Waals surface area contributed by atoms with Crippen LogP contribution in [0.5, 0.6) is 5.75 Å². The van der Waals surface area contributed by atoms with Crippen molar-refractivity contribution in [1.82, 2.24) is 20.5 Å². The highest BCUT2D eigenvalue weighted by Crippen LogP contribution is 2.27. The van der Waals surface area contributed by atoms with Crippen molar-refractivity contribution in [2.75, 3.05) is 27.8 Å². The fraction of sp³-hybridized carbons (Fsp3) is 0.387. The quantitative estimate of drug-likeness (QED) is 0.220. The van der Waals surface area contributed by atoms with E-state index < -0.39 is 42.3 Å². The summed E-state index contributed by atoms with van der Waals surface area (Å²) in [5.41, 5.74) is 0.810. The molecule has 0 saturated heterocycles. The summed E-state index contributed by atoms with van der Waals surface area (Å²) < 4.78 is 10.5. The zero-order chi connectivity index (χ0) is 32.6. The van der Waals surface area contributed by atoms with Crippen molar-refractivity contribution in [3.63, 3.8) is 0 Å². The minimum Gasteiger partial charge on any atom is -0.496 e. The van der Waals surface area contributed by atoms with Crippen LogP contribution in [0.2, 0.25) is 10.0 Å². The first-order valence-corrected chi connectivity index (χ1v) is 14.7. The van der Waals surface area contributed by atoms with E-state index in [4.69, 9.17) is 32.7 Å². The fourth-order valence-corrected chi connectivity index (χ4v) is 5.00. The molecular formula is C31H36Cl2N4O7. The molecule has 1 heterocycles. The van der Waals surface area contributed by atoms with Gasteiger partial charge in [0.25, 0.3) is 5.91 Å². The van der Waals surface area contributed by atoms with Crippen molar-refractivity contribution >= 4 is 63.6 Å². The molecule has 0 fully saturated rings. The van der Waals surface area contributed by atoms with Crippen molar-refractivity contribution in [3.05, 3.63) is 63.8 Å². The zero-order valence-electron chi connectivity index (χ0n) is 25.2. The summed E-state index contributed by atoms with van der Waals surface area (Å²) in [6, 6.07) is 9.25. The second-order valence-corrected chi connectivity index (χ2v) is 11.6. The van der Waals surface area contributed by atoms with E-state index in [0.29, 0.717) is 16.7 Å². The summed E-state index contributed by atoms with van der Waals surface area (Å²) in [4.78, 5) is 69.3. The second-order valence-electron chi connectivity index (χ2n) is 10.8. The molecule has 236 valence electrons. The summed E-state index contributed by atoms with van der Waals surface area (Å²) in [5.74, 6) is -2.41. The van der Waals surface area contributed by atoms with Gasteiger partial charge in [-0.2, -0.15) is 0 Å². The van der Waals surface area contributed by atoms with Crippen LogP contribution in [0.1, 0.15) is 54.0 Å². The molecule has 2 aromatic carbocycles. The summed E-state index contributed by atoms with van der Waals surface area (Å²) in [6.45, 7) is 3.06. The Morgan fingerprint density at radius 1 is 0.955 bits per heavy atom. The molecule has 0 spiro atoms. The molecule has 0 saturated carbocycles. The van der Waals surface area contributed by atoms with Gasteiger partial charge in [-0.05, 0) is 49.1 Å². The highest BCUT2D eigenvalue weighted by molar-refractivity contribution is 6.39. The predicted octanol–water partition coefficient (Wildman–Crippen LogP) is 4.41. The van der Waals surface area contributed by atoms with Crippen molar-refractivity contribution in [2.24, 2.45) is 5.92 Å².